The van der Waals surface area contributed by atoms with Crippen LogP contribution in [0.4, 0.5) is 0 Å². The zero-order valence-electron chi connectivity index (χ0n) is 29.1. The molecule has 0 N–H and O–H groups in total. The number of hydrogen-bond acceptors (Lipinski definition) is 5. The summed E-state index contributed by atoms with van der Waals surface area (Å²) in [6.45, 7) is 0. The molecule has 54 heavy (non-hydrogen) atoms. The molecule has 0 fully saturated rings. The van der Waals surface area contributed by atoms with Gasteiger partial charge in [0.15, 0.2) is 17.5 Å². The molecule has 1 aliphatic carbocycles. The molecule has 10 aromatic rings. The van der Waals surface area contributed by atoms with E-state index in [0.29, 0.717) is 23.4 Å². The zero-order chi connectivity index (χ0) is 35.6. The lowest BCUT2D eigenvalue weighted by Crippen LogP contribution is -2.06. The van der Waals surface area contributed by atoms with E-state index in [9.17, 15) is 0 Å². The number of rotatable bonds is 5. The van der Waals surface area contributed by atoms with Crippen molar-refractivity contribution in [3.8, 4) is 45.3 Å². The molecule has 7 aromatic carbocycles. The quantitative estimate of drug-likeness (QED) is 0.179. The molecule has 0 bridgehead atoms. The van der Waals surface area contributed by atoms with Crippen molar-refractivity contribution in [1.82, 2.24) is 15.0 Å². The van der Waals surface area contributed by atoms with Crippen LogP contribution in [0, 0.1) is 0 Å². The molecule has 254 valence electrons. The molecule has 0 spiro atoms. The summed E-state index contributed by atoms with van der Waals surface area (Å²) >= 11 is 0. The van der Waals surface area contributed by atoms with Crippen molar-refractivity contribution >= 4 is 50.0 Å². The topological polar surface area (TPSA) is 65.0 Å². The Kier molecular flexibility index (Phi) is 6.92. The highest BCUT2D eigenvalue weighted by atomic mass is 16.3. The van der Waals surface area contributed by atoms with Crippen LogP contribution in [0.2, 0.25) is 0 Å². The number of hydrogen-bond donors (Lipinski definition) is 0. The number of nitrogens with zero attached hydrogens (tertiary/aromatic N) is 3. The predicted molar refractivity (Wildman–Crippen MR) is 218 cm³/mol. The normalized spacial score (nSPS) is 14.0. The summed E-state index contributed by atoms with van der Waals surface area (Å²) < 4.78 is 13.2. The molecule has 0 aliphatic heterocycles. The van der Waals surface area contributed by atoms with Gasteiger partial charge in [0.2, 0.25) is 0 Å². The first-order valence-corrected chi connectivity index (χ1v) is 18.3. The van der Waals surface area contributed by atoms with Crippen LogP contribution < -0.4 is 0 Å². The van der Waals surface area contributed by atoms with Crippen molar-refractivity contribution in [3.05, 3.63) is 180 Å². The summed E-state index contributed by atoms with van der Waals surface area (Å²) in [6, 6.07) is 54.3. The maximum absolute atomic E-state index is 6.74. The minimum absolute atomic E-state index is 0.357. The van der Waals surface area contributed by atoms with Crippen LogP contribution >= 0.6 is 0 Å². The van der Waals surface area contributed by atoms with Crippen molar-refractivity contribution in [3.63, 3.8) is 0 Å². The molecule has 5 heteroatoms. The Morgan fingerprint density at radius 2 is 1.07 bits per heavy atom. The summed E-state index contributed by atoms with van der Waals surface area (Å²) in [5.74, 6) is 2.20. The van der Waals surface area contributed by atoms with Gasteiger partial charge in [0.05, 0.1) is 0 Å². The van der Waals surface area contributed by atoms with Gasteiger partial charge in [-0.05, 0) is 41.3 Å². The minimum Gasteiger partial charge on any atom is -0.455 e. The van der Waals surface area contributed by atoms with E-state index >= 15 is 0 Å². The molecular weight excluding hydrogens is 663 g/mol. The first-order valence-electron chi connectivity index (χ1n) is 18.3. The van der Waals surface area contributed by atoms with Crippen LogP contribution in [0.5, 0.6) is 0 Å². The second kappa shape index (κ2) is 12.2. The lowest BCUT2D eigenvalue weighted by atomic mass is 9.84. The molecule has 5 nitrogen and oxygen atoms in total. The third kappa shape index (κ3) is 4.97. The van der Waals surface area contributed by atoms with E-state index in [2.05, 4.69) is 109 Å². The third-order valence-corrected chi connectivity index (χ3v) is 10.7. The van der Waals surface area contributed by atoms with Crippen molar-refractivity contribution in [2.75, 3.05) is 0 Å². The summed E-state index contributed by atoms with van der Waals surface area (Å²) in [6.07, 6.45) is 5.50. The van der Waals surface area contributed by atoms with E-state index in [0.717, 1.165) is 78.1 Å². The van der Waals surface area contributed by atoms with Gasteiger partial charge in [0, 0.05) is 55.3 Å². The fraction of sp³-hybridized carbons (Fsp3) is 0.0408. The maximum Gasteiger partial charge on any atom is 0.164 e. The number of benzene rings is 7. The highest BCUT2D eigenvalue weighted by Gasteiger charge is 2.22. The smallest absolute Gasteiger partial charge is 0.164 e. The van der Waals surface area contributed by atoms with Gasteiger partial charge in [-0.1, -0.05) is 152 Å². The number of para-hydroxylation sites is 3. The number of fused-ring (bicyclic) bond motifs is 7. The molecular formula is C49H31N3O2. The summed E-state index contributed by atoms with van der Waals surface area (Å²) in [5.41, 5.74) is 11.8. The van der Waals surface area contributed by atoms with Crippen molar-refractivity contribution in [2.45, 2.75) is 12.3 Å². The number of allylic oxidation sites excluding steroid dienone is 1. The summed E-state index contributed by atoms with van der Waals surface area (Å²) in [5, 5.41) is 4.13. The number of aromatic nitrogens is 3. The molecule has 3 aromatic heterocycles. The van der Waals surface area contributed by atoms with Crippen molar-refractivity contribution in [2.24, 2.45) is 0 Å². The van der Waals surface area contributed by atoms with Crippen LogP contribution in [-0.4, -0.2) is 15.0 Å². The van der Waals surface area contributed by atoms with Crippen LogP contribution in [0.15, 0.2) is 173 Å². The monoisotopic (exact) mass is 693 g/mol. The SMILES string of the molecule is C1=CC(c2ccccc2)Cc2ccc(-c3nc(-c4ccccc4)nc(-c4cccc5oc6c(-c7cccc8c7oc7ccccc78)cccc6c45)n3)cc21. The van der Waals surface area contributed by atoms with Crippen LogP contribution in [-0.2, 0) is 6.42 Å². The van der Waals surface area contributed by atoms with E-state index in [1.807, 2.05) is 60.7 Å². The third-order valence-electron chi connectivity index (χ3n) is 10.7. The minimum atomic E-state index is 0.357. The average molecular weight is 694 g/mol. The lowest BCUT2D eigenvalue weighted by Gasteiger charge is -2.20. The number of furan rings is 2. The van der Waals surface area contributed by atoms with Crippen molar-refractivity contribution < 1.29 is 8.83 Å². The Morgan fingerprint density at radius 1 is 0.463 bits per heavy atom. The van der Waals surface area contributed by atoms with Gasteiger partial charge >= 0.3 is 0 Å². The van der Waals surface area contributed by atoms with E-state index in [-0.39, 0.29) is 0 Å². The molecule has 0 radical (unpaired) electrons. The predicted octanol–water partition coefficient (Wildman–Crippen LogP) is 12.7. The van der Waals surface area contributed by atoms with E-state index in [4.69, 9.17) is 23.8 Å². The molecule has 1 atom stereocenters. The molecule has 0 saturated carbocycles. The lowest BCUT2D eigenvalue weighted by molar-refractivity contribution is 0.665. The fourth-order valence-electron chi connectivity index (χ4n) is 8.08. The van der Waals surface area contributed by atoms with Gasteiger partial charge in [-0.3, -0.25) is 0 Å². The van der Waals surface area contributed by atoms with Gasteiger partial charge in [0.25, 0.3) is 0 Å². The van der Waals surface area contributed by atoms with Gasteiger partial charge in [-0.2, -0.15) is 0 Å². The zero-order valence-corrected chi connectivity index (χ0v) is 29.1. The first kappa shape index (κ1) is 30.5. The van der Waals surface area contributed by atoms with Gasteiger partial charge in [0.1, 0.15) is 22.3 Å². The van der Waals surface area contributed by atoms with Crippen molar-refractivity contribution in [1.29, 1.82) is 0 Å². The molecule has 1 unspecified atom stereocenters. The summed E-state index contributed by atoms with van der Waals surface area (Å²) in [7, 11) is 0. The molecule has 0 saturated heterocycles. The van der Waals surface area contributed by atoms with Gasteiger partial charge in [-0.25, -0.2) is 15.0 Å². The second-order valence-corrected chi connectivity index (χ2v) is 13.9. The highest BCUT2D eigenvalue weighted by Crippen LogP contribution is 2.43. The second-order valence-electron chi connectivity index (χ2n) is 13.9. The standard InChI is InChI=1S/C49H31N3O2/c1-3-12-30(13-4-1)32-24-25-34-29-35(27-26-33(34)28-32)48-50-47(31-14-5-2-6-15-31)51-49(52-48)41-21-11-23-43-44(41)40-20-10-19-39(46(40)54-43)38-18-9-17-37-36-16-7-8-22-42(36)53-45(37)38/h1-27,29,32H,28H2. The summed E-state index contributed by atoms with van der Waals surface area (Å²) in [4.78, 5) is 15.4. The van der Waals surface area contributed by atoms with Gasteiger partial charge in [-0.15, -0.1) is 0 Å². The Hall–Kier alpha value is -7.11. The Labute approximate surface area is 310 Å². The van der Waals surface area contributed by atoms with Crippen LogP contribution in [0.25, 0.3) is 95.2 Å². The Balaban J connectivity index is 1.07. The fourth-order valence-corrected chi connectivity index (χ4v) is 8.08. The van der Waals surface area contributed by atoms with Gasteiger partial charge < -0.3 is 8.83 Å². The average Bonchev–Trinajstić information content (AvgIpc) is 3.83. The highest BCUT2D eigenvalue weighted by molar-refractivity contribution is 6.17. The van der Waals surface area contributed by atoms with E-state index in [1.54, 1.807) is 0 Å². The van der Waals surface area contributed by atoms with Crippen LogP contribution in [0.1, 0.15) is 22.6 Å². The first-order chi connectivity index (χ1) is 26.7. The van der Waals surface area contributed by atoms with E-state index < -0.39 is 0 Å². The van der Waals surface area contributed by atoms with E-state index in [1.165, 1.54) is 16.7 Å². The molecule has 11 rings (SSSR count). The maximum atomic E-state index is 6.74. The molecule has 1 aliphatic rings. The Morgan fingerprint density at radius 3 is 1.91 bits per heavy atom. The van der Waals surface area contributed by atoms with Crippen LogP contribution in [0.3, 0.4) is 0 Å². The largest absolute Gasteiger partial charge is 0.455 e. The molecule has 3 heterocycles. The molecule has 0 amide bonds. The Bertz CT molecular complexity index is 3090.